The number of ether oxygens (including phenoxy) is 2. The smallest absolute Gasteiger partial charge is 0.124 e. The van der Waals surface area contributed by atoms with Gasteiger partial charge in [0.15, 0.2) is 0 Å². The molecule has 4 nitrogen and oxygen atoms in total. The largest absolute Gasteiger partial charge is 0.493 e. The van der Waals surface area contributed by atoms with Gasteiger partial charge in [-0.25, -0.2) is 10.4 Å². The summed E-state index contributed by atoms with van der Waals surface area (Å²) < 4.78 is 11.2. The zero-order valence-corrected chi connectivity index (χ0v) is 10.8. The minimum atomic E-state index is 0.341. The van der Waals surface area contributed by atoms with E-state index in [1.165, 1.54) is 5.56 Å². The first-order valence-corrected chi connectivity index (χ1v) is 6.65. The quantitative estimate of drug-likeness (QED) is 0.862. The van der Waals surface area contributed by atoms with Crippen LogP contribution in [0.3, 0.4) is 0 Å². The molecule has 2 unspecified atom stereocenters. The normalized spacial score (nSPS) is 28.5. The molecule has 2 atom stereocenters. The summed E-state index contributed by atoms with van der Waals surface area (Å²) >= 11 is 0. The van der Waals surface area contributed by atoms with Crippen molar-refractivity contribution < 1.29 is 9.47 Å². The van der Waals surface area contributed by atoms with E-state index in [1.54, 1.807) is 0 Å². The van der Waals surface area contributed by atoms with Crippen molar-refractivity contribution in [1.82, 2.24) is 10.4 Å². The summed E-state index contributed by atoms with van der Waals surface area (Å²) in [6.07, 6.45) is 0. The summed E-state index contributed by atoms with van der Waals surface area (Å²) in [6, 6.07) is 8.65. The van der Waals surface area contributed by atoms with E-state index in [9.17, 15) is 0 Å². The highest BCUT2D eigenvalue weighted by Gasteiger charge is 2.29. The summed E-state index contributed by atoms with van der Waals surface area (Å²) in [5.41, 5.74) is 4.90. The number of hydrazine groups is 1. The van der Waals surface area contributed by atoms with Gasteiger partial charge in [0.25, 0.3) is 0 Å². The van der Waals surface area contributed by atoms with Crippen LogP contribution in [0.2, 0.25) is 0 Å². The van der Waals surface area contributed by atoms with Gasteiger partial charge in [-0.3, -0.25) is 0 Å². The summed E-state index contributed by atoms with van der Waals surface area (Å²) in [7, 11) is 0. The second kappa shape index (κ2) is 5.26. The van der Waals surface area contributed by atoms with Crippen LogP contribution in [-0.4, -0.2) is 37.9 Å². The third-order valence-corrected chi connectivity index (χ3v) is 3.66. The van der Waals surface area contributed by atoms with Crippen LogP contribution >= 0.6 is 0 Å². The molecule has 0 amide bonds. The minimum Gasteiger partial charge on any atom is -0.493 e. The van der Waals surface area contributed by atoms with Gasteiger partial charge in [0.05, 0.1) is 25.9 Å². The number of morpholine rings is 1. The highest BCUT2D eigenvalue weighted by molar-refractivity contribution is 5.37. The Morgan fingerprint density at radius 2 is 2.00 bits per heavy atom. The van der Waals surface area contributed by atoms with Gasteiger partial charge in [-0.05, 0) is 6.07 Å². The SMILES string of the molecule is CC1COc2ccccc2C1NN1CCOCC1. The van der Waals surface area contributed by atoms with E-state index >= 15 is 0 Å². The molecule has 1 fully saturated rings. The van der Waals surface area contributed by atoms with Crippen LogP contribution in [0.25, 0.3) is 0 Å². The van der Waals surface area contributed by atoms with Gasteiger partial charge in [-0.1, -0.05) is 25.1 Å². The molecule has 4 heteroatoms. The molecule has 0 bridgehead atoms. The molecular formula is C14H20N2O2. The monoisotopic (exact) mass is 248 g/mol. The lowest BCUT2D eigenvalue weighted by Gasteiger charge is -2.37. The third-order valence-electron chi connectivity index (χ3n) is 3.66. The first kappa shape index (κ1) is 12.0. The first-order valence-electron chi connectivity index (χ1n) is 6.65. The van der Waals surface area contributed by atoms with Gasteiger partial charge in [-0.2, -0.15) is 0 Å². The second-order valence-corrected chi connectivity index (χ2v) is 5.03. The number of benzene rings is 1. The molecule has 1 aromatic carbocycles. The molecule has 0 aliphatic carbocycles. The van der Waals surface area contributed by atoms with Crippen molar-refractivity contribution in [2.24, 2.45) is 5.92 Å². The van der Waals surface area contributed by atoms with Crippen molar-refractivity contribution in [3.05, 3.63) is 29.8 Å². The number of rotatable bonds is 2. The summed E-state index contributed by atoms with van der Waals surface area (Å²) in [5, 5.41) is 2.27. The predicted molar refractivity (Wildman–Crippen MR) is 69.4 cm³/mol. The Bertz CT molecular complexity index is 405. The highest BCUT2D eigenvalue weighted by Crippen LogP contribution is 2.35. The minimum absolute atomic E-state index is 0.341. The molecule has 98 valence electrons. The molecule has 2 aliphatic rings. The molecule has 3 rings (SSSR count). The molecule has 0 aromatic heterocycles. The van der Waals surface area contributed by atoms with E-state index in [1.807, 2.05) is 6.07 Å². The number of para-hydroxylation sites is 1. The maximum absolute atomic E-state index is 5.77. The molecule has 0 spiro atoms. The topological polar surface area (TPSA) is 33.7 Å². The van der Waals surface area contributed by atoms with Crippen molar-refractivity contribution in [1.29, 1.82) is 0 Å². The molecule has 1 saturated heterocycles. The van der Waals surface area contributed by atoms with E-state index in [4.69, 9.17) is 9.47 Å². The van der Waals surface area contributed by atoms with Crippen LogP contribution in [0.1, 0.15) is 18.5 Å². The van der Waals surface area contributed by atoms with Gasteiger partial charge in [-0.15, -0.1) is 0 Å². The molecular weight excluding hydrogens is 228 g/mol. The predicted octanol–water partition coefficient (Wildman–Crippen LogP) is 1.59. The van der Waals surface area contributed by atoms with Crippen LogP contribution in [0.4, 0.5) is 0 Å². The fraction of sp³-hybridized carbons (Fsp3) is 0.571. The molecule has 18 heavy (non-hydrogen) atoms. The summed E-state index contributed by atoms with van der Waals surface area (Å²) in [5.74, 6) is 1.49. The summed E-state index contributed by atoms with van der Waals surface area (Å²) in [6.45, 7) is 6.53. The maximum Gasteiger partial charge on any atom is 0.124 e. The Labute approximate surface area is 108 Å². The van der Waals surface area contributed by atoms with Crippen molar-refractivity contribution >= 4 is 0 Å². The van der Waals surface area contributed by atoms with Crippen LogP contribution in [0.15, 0.2) is 24.3 Å². The molecule has 2 aliphatic heterocycles. The Hall–Kier alpha value is -1.10. The van der Waals surface area contributed by atoms with E-state index in [0.29, 0.717) is 12.0 Å². The molecule has 1 N–H and O–H groups in total. The average Bonchev–Trinajstić information content (AvgIpc) is 2.43. The number of fused-ring (bicyclic) bond motifs is 1. The highest BCUT2D eigenvalue weighted by atomic mass is 16.5. The lowest BCUT2D eigenvalue weighted by molar-refractivity contribution is -0.00689. The van der Waals surface area contributed by atoms with Gasteiger partial charge >= 0.3 is 0 Å². The van der Waals surface area contributed by atoms with Gasteiger partial charge in [0.2, 0.25) is 0 Å². The van der Waals surface area contributed by atoms with E-state index in [-0.39, 0.29) is 0 Å². The third kappa shape index (κ3) is 2.36. The molecule has 0 saturated carbocycles. The van der Waals surface area contributed by atoms with Crippen LogP contribution < -0.4 is 10.2 Å². The Kier molecular flexibility index (Phi) is 3.50. The fourth-order valence-electron chi connectivity index (χ4n) is 2.58. The van der Waals surface area contributed by atoms with Crippen LogP contribution in [-0.2, 0) is 4.74 Å². The maximum atomic E-state index is 5.77. The number of hydrogen-bond acceptors (Lipinski definition) is 4. The molecule has 1 aromatic rings. The Morgan fingerprint density at radius 3 is 2.83 bits per heavy atom. The summed E-state index contributed by atoms with van der Waals surface area (Å²) in [4.78, 5) is 0. The molecule has 0 radical (unpaired) electrons. The van der Waals surface area contributed by atoms with E-state index in [2.05, 4.69) is 35.6 Å². The number of nitrogens with one attached hydrogen (secondary N) is 1. The lowest BCUT2D eigenvalue weighted by atomic mass is 9.92. The fourth-order valence-corrected chi connectivity index (χ4v) is 2.58. The second-order valence-electron chi connectivity index (χ2n) is 5.03. The van der Waals surface area contributed by atoms with Gasteiger partial charge in [0, 0.05) is 24.6 Å². The van der Waals surface area contributed by atoms with Crippen LogP contribution in [0, 0.1) is 5.92 Å². The van der Waals surface area contributed by atoms with Crippen LogP contribution in [0.5, 0.6) is 5.75 Å². The number of nitrogens with zero attached hydrogens (tertiary/aromatic N) is 1. The average molecular weight is 248 g/mol. The van der Waals surface area contributed by atoms with E-state index < -0.39 is 0 Å². The zero-order valence-electron chi connectivity index (χ0n) is 10.8. The Morgan fingerprint density at radius 1 is 1.22 bits per heavy atom. The van der Waals surface area contributed by atoms with Crippen molar-refractivity contribution in [3.8, 4) is 5.75 Å². The van der Waals surface area contributed by atoms with E-state index in [0.717, 1.165) is 38.7 Å². The standard InChI is InChI=1S/C14H20N2O2/c1-11-10-18-13-5-3-2-4-12(13)14(11)15-16-6-8-17-9-7-16/h2-5,11,14-15H,6-10H2,1H3. The number of hydrogen-bond donors (Lipinski definition) is 1. The van der Waals surface area contributed by atoms with Crippen molar-refractivity contribution in [2.75, 3.05) is 32.9 Å². The van der Waals surface area contributed by atoms with Gasteiger partial charge in [0.1, 0.15) is 5.75 Å². The van der Waals surface area contributed by atoms with Crippen molar-refractivity contribution in [2.45, 2.75) is 13.0 Å². The Balaban J connectivity index is 1.77. The van der Waals surface area contributed by atoms with Gasteiger partial charge < -0.3 is 9.47 Å². The lowest BCUT2D eigenvalue weighted by Crippen LogP contribution is -2.49. The zero-order chi connectivity index (χ0) is 12.4. The van der Waals surface area contributed by atoms with Crippen molar-refractivity contribution in [3.63, 3.8) is 0 Å². The molecule has 2 heterocycles. The first-order chi connectivity index (χ1) is 8.84.